The molecule has 2 aliphatic rings. The van der Waals surface area contributed by atoms with Crippen molar-refractivity contribution < 1.29 is 14.3 Å². The molecule has 4 rings (SSSR count). The minimum Gasteiger partial charge on any atom is -0.426 e. The van der Waals surface area contributed by atoms with Crippen molar-refractivity contribution >= 4 is 17.3 Å². The molecule has 0 spiro atoms. The van der Waals surface area contributed by atoms with E-state index in [4.69, 9.17) is 9.47 Å². The van der Waals surface area contributed by atoms with Crippen LogP contribution < -0.4 is 4.74 Å². The van der Waals surface area contributed by atoms with Crippen molar-refractivity contribution in [3.63, 3.8) is 0 Å². The number of hydrogen-bond donors (Lipinski definition) is 0. The Balaban J connectivity index is 1.45. The van der Waals surface area contributed by atoms with E-state index in [1.54, 1.807) is 11.3 Å². The molecule has 3 heterocycles. The van der Waals surface area contributed by atoms with Crippen molar-refractivity contribution in [3.8, 4) is 5.75 Å². The van der Waals surface area contributed by atoms with Crippen molar-refractivity contribution in [1.82, 2.24) is 9.88 Å². The molecular weight excluding hydrogens is 300 g/mol. The second kappa shape index (κ2) is 5.79. The van der Waals surface area contributed by atoms with Gasteiger partial charge in [-0.3, -0.25) is 9.69 Å². The normalized spacial score (nSPS) is 21.6. The highest BCUT2D eigenvalue weighted by Gasteiger charge is 2.25. The third kappa shape index (κ3) is 2.77. The van der Waals surface area contributed by atoms with E-state index in [1.165, 1.54) is 0 Å². The quantitative estimate of drug-likeness (QED) is 0.642. The van der Waals surface area contributed by atoms with Crippen LogP contribution in [0.3, 0.4) is 0 Å². The number of ether oxygens (including phenoxy) is 2. The first-order valence-corrected chi connectivity index (χ1v) is 8.22. The topological polar surface area (TPSA) is 51.7 Å². The lowest BCUT2D eigenvalue weighted by atomic mass is 10.1. The van der Waals surface area contributed by atoms with Gasteiger partial charge < -0.3 is 9.47 Å². The standard InChI is InChI=1S/C16H16N2O3S/c19-15-8-12-2-1-11(7-13(12)21-15)9-18-4-5-20-14(10-18)16-17-3-6-22-16/h1-3,6-7,14H,4-5,8-10H2/t14-/m1/s1. The second-order valence-electron chi connectivity index (χ2n) is 5.56. The zero-order valence-electron chi connectivity index (χ0n) is 12.0. The van der Waals surface area contributed by atoms with Gasteiger partial charge in [-0.25, -0.2) is 4.98 Å². The molecule has 0 amide bonds. The molecule has 0 aliphatic carbocycles. The Morgan fingerprint density at radius 1 is 1.41 bits per heavy atom. The molecule has 1 atom stereocenters. The lowest BCUT2D eigenvalue weighted by Gasteiger charge is -2.32. The minimum atomic E-state index is -0.164. The van der Waals surface area contributed by atoms with Crippen molar-refractivity contribution in [3.05, 3.63) is 45.9 Å². The van der Waals surface area contributed by atoms with Crippen LogP contribution in [0.4, 0.5) is 0 Å². The third-order valence-corrected chi connectivity index (χ3v) is 4.84. The van der Waals surface area contributed by atoms with Crippen LogP contribution >= 0.6 is 11.3 Å². The number of morpholine rings is 1. The van der Waals surface area contributed by atoms with Crippen molar-refractivity contribution in [1.29, 1.82) is 0 Å². The smallest absolute Gasteiger partial charge is 0.315 e. The molecule has 2 aromatic rings. The van der Waals surface area contributed by atoms with E-state index >= 15 is 0 Å². The van der Waals surface area contributed by atoms with E-state index in [9.17, 15) is 4.79 Å². The van der Waals surface area contributed by atoms with E-state index < -0.39 is 0 Å². The van der Waals surface area contributed by atoms with Gasteiger partial charge in [0.15, 0.2) is 0 Å². The van der Waals surface area contributed by atoms with Gasteiger partial charge in [-0.05, 0) is 11.6 Å². The van der Waals surface area contributed by atoms with Crippen molar-refractivity contribution in [2.45, 2.75) is 19.1 Å². The predicted molar refractivity (Wildman–Crippen MR) is 81.9 cm³/mol. The molecule has 22 heavy (non-hydrogen) atoms. The van der Waals surface area contributed by atoms with Crippen molar-refractivity contribution in [2.24, 2.45) is 0 Å². The Morgan fingerprint density at radius 2 is 2.36 bits per heavy atom. The summed E-state index contributed by atoms with van der Waals surface area (Å²) in [7, 11) is 0. The van der Waals surface area contributed by atoms with Gasteiger partial charge in [-0.1, -0.05) is 12.1 Å². The fourth-order valence-corrected chi connectivity index (χ4v) is 3.58. The van der Waals surface area contributed by atoms with Gasteiger partial charge in [0.25, 0.3) is 0 Å². The van der Waals surface area contributed by atoms with Crippen LogP contribution in [0.2, 0.25) is 0 Å². The molecular formula is C16H16N2O3S. The van der Waals surface area contributed by atoms with E-state index in [2.05, 4.69) is 16.0 Å². The Labute approximate surface area is 132 Å². The monoisotopic (exact) mass is 316 g/mol. The predicted octanol–water partition coefficient (Wildman–Crippen LogP) is 2.18. The largest absolute Gasteiger partial charge is 0.426 e. The van der Waals surface area contributed by atoms with Crippen LogP contribution in [0.25, 0.3) is 0 Å². The van der Waals surface area contributed by atoms with E-state index in [-0.39, 0.29) is 12.1 Å². The molecule has 2 aliphatic heterocycles. The number of hydrogen-bond acceptors (Lipinski definition) is 6. The molecule has 0 saturated carbocycles. The number of carbonyl (C=O) groups excluding carboxylic acids is 1. The van der Waals surface area contributed by atoms with Crippen LogP contribution in [-0.4, -0.2) is 35.5 Å². The van der Waals surface area contributed by atoms with Gasteiger partial charge in [-0.15, -0.1) is 11.3 Å². The lowest BCUT2D eigenvalue weighted by molar-refractivity contribution is -0.131. The van der Waals surface area contributed by atoms with Gasteiger partial charge in [0.05, 0.1) is 13.0 Å². The van der Waals surface area contributed by atoms with E-state index in [1.807, 2.05) is 23.7 Å². The zero-order valence-corrected chi connectivity index (χ0v) is 12.8. The number of fused-ring (bicyclic) bond motifs is 1. The number of esters is 1. The van der Waals surface area contributed by atoms with Gasteiger partial charge in [0.2, 0.25) is 0 Å². The highest BCUT2D eigenvalue weighted by molar-refractivity contribution is 7.09. The zero-order chi connectivity index (χ0) is 14.9. The highest BCUT2D eigenvalue weighted by Crippen LogP contribution is 2.29. The molecule has 0 bridgehead atoms. The molecule has 0 N–H and O–H groups in total. The number of thiazole rings is 1. The molecule has 114 valence electrons. The van der Waals surface area contributed by atoms with Gasteiger partial charge in [0, 0.05) is 36.8 Å². The molecule has 0 radical (unpaired) electrons. The number of aromatic nitrogens is 1. The summed E-state index contributed by atoms with van der Waals surface area (Å²) < 4.78 is 11.0. The second-order valence-corrected chi connectivity index (χ2v) is 6.48. The lowest BCUT2D eigenvalue weighted by Crippen LogP contribution is -2.37. The number of carbonyl (C=O) groups is 1. The summed E-state index contributed by atoms with van der Waals surface area (Å²) in [5.74, 6) is 0.551. The molecule has 1 aromatic carbocycles. The van der Waals surface area contributed by atoms with E-state index in [0.717, 1.165) is 35.8 Å². The molecule has 6 heteroatoms. The maximum absolute atomic E-state index is 11.3. The maximum Gasteiger partial charge on any atom is 0.315 e. The molecule has 5 nitrogen and oxygen atoms in total. The Bertz CT molecular complexity index is 687. The SMILES string of the molecule is O=C1Cc2ccc(CN3CCO[C@@H](c4nccs4)C3)cc2O1. The summed E-state index contributed by atoms with van der Waals surface area (Å²) in [5, 5.41) is 3.01. The average molecular weight is 316 g/mol. The summed E-state index contributed by atoms with van der Waals surface area (Å²) >= 11 is 1.63. The Kier molecular flexibility index (Phi) is 3.65. The summed E-state index contributed by atoms with van der Waals surface area (Å²) in [6.45, 7) is 3.28. The molecule has 1 aromatic heterocycles. The summed E-state index contributed by atoms with van der Waals surface area (Å²) in [6.07, 6.45) is 2.26. The summed E-state index contributed by atoms with van der Waals surface area (Å²) in [5.41, 5.74) is 2.14. The first kappa shape index (κ1) is 13.9. The first-order chi connectivity index (χ1) is 10.8. The average Bonchev–Trinajstić information content (AvgIpc) is 3.15. The Morgan fingerprint density at radius 3 is 3.23 bits per heavy atom. The fraction of sp³-hybridized carbons (Fsp3) is 0.375. The van der Waals surface area contributed by atoms with Crippen molar-refractivity contribution in [2.75, 3.05) is 19.7 Å². The van der Waals surface area contributed by atoms with Crippen LogP contribution in [0.5, 0.6) is 5.75 Å². The van der Waals surface area contributed by atoms with Gasteiger partial charge >= 0.3 is 5.97 Å². The molecule has 0 unspecified atom stereocenters. The van der Waals surface area contributed by atoms with Crippen LogP contribution in [-0.2, 0) is 22.5 Å². The molecule has 1 fully saturated rings. The Hall–Kier alpha value is -1.76. The fourth-order valence-electron chi connectivity index (χ4n) is 2.90. The number of benzene rings is 1. The first-order valence-electron chi connectivity index (χ1n) is 7.34. The summed E-state index contributed by atoms with van der Waals surface area (Å²) in [4.78, 5) is 18.0. The molecule has 1 saturated heterocycles. The maximum atomic E-state index is 11.3. The van der Waals surface area contributed by atoms with Crippen LogP contribution in [0, 0.1) is 0 Å². The minimum absolute atomic E-state index is 0.0565. The number of nitrogens with zero attached hydrogens (tertiary/aromatic N) is 2. The number of rotatable bonds is 3. The highest BCUT2D eigenvalue weighted by atomic mass is 32.1. The summed E-state index contributed by atoms with van der Waals surface area (Å²) in [6, 6.07) is 6.05. The van der Waals surface area contributed by atoms with Gasteiger partial charge in [-0.2, -0.15) is 0 Å². The van der Waals surface area contributed by atoms with Gasteiger partial charge in [0.1, 0.15) is 16.9 Å². The van der Waals surface area contributed by atoms with Crippen LogP contribution in [0.15, 0.2) is 29.8 Å². The third-order valence-electron chi connectivity index (χ3n) is 3.97. The van der Waals surface area contributed by atoms with E-state index in [0.29, 0.717) is 18.8 Å². The van der Waals surface area contributed by atoms with Crippen LogP contribution in [0.1, 0.15) is 22.2 Å².